The molecular weight excluding hydrogens is 396 g/mol. The number of aliphatic hydroxyl groups excluding tert-OH is 2. The molecule has 0 fully saturated rings. The molecular formula is C25H48O6. The molecule has 0 unspecified atom stereocenters. The van der Waals surface area contributed by atoms with Crippen molar-refractivity contribution >= 4 is 11.9 Å². The van der Waals surface area contributed by atoms with Gasteiger partial charge in [-0.3, -0.25) is 9.59 Å². The predicted octanol–water partition coefficient (Wildman–Crippen LogP) is 5.47. The van der Waals surface area contributed by atoms with E-state index in [9.17, 15) is 9.59 Å². The molecule has 0 radical (unpaired) electrons. The molecule has 0 spiro atoms. The highest BCUT2D eigenvalue weighted by atomic mass is 16.5. The van der Waals surface area contributed by atoms with Crippen molar-refractivity contribution in [1.82, 2.24) is 0 Å². The minimum atomic E-state index is -0.0848. The zero-order valence-corrected chi connectivity index (χ0v) is 19.8. The summed E-state index contributed by atoms with van der Waals surface area (Å²) in [5.41, 5.74) is 0. The molecule has 0 aromatic rings. The van der Waals surface area contributed by atoms with Crippen molar-refractivity contribution in [1.29, 1.82) is 0 Å². The average Bonchev–Trinajstić information content (AvgIpc) is 2.76. The highest BCUT2D eigenvalue weighted by molar-refractivity contribution is 5.69. The van der Waals surface area contributed by atoms with Crippen LogP contribution in [0.3, 0.4) is 0 Å². The van der Waals surface area contributed by atoms with Gasteiger partial charge in [0.2, 0.25) is 0 Å². The van der Waals surface area contributed by atoms with Crippen LogP contribution in [0.25, 0.3) is 0 Å². The molecule has 0 rings (SSSR count). The van der Waals surface area contributed by atoms with Crippen molar-refractivity contribution in [2.45, 2.75) is 122 Å². The summed E-state index contributed by atoms with van der Waals surface area (Å²) in [5, 5.41) is 17.4. The van der Waals surface area contributed by atoms with Crippen LogP contribution in [-0.4, -0.2) is 48.6 Å². The Balaban J connectivity index is 3.22. The first-order valence-corrected chi connectivity index (χ1v) is 12.7. The number of hydrogen-bond donors (Lipinski definition) is 2. The molecule has 0 aromatic carbocycles. The minimum Gasteiger partial charge on any atom is -0.466 e. The fraction of sp³-hybridized carbons (Fsp3) is 0.920. The molecule has 184 valence electrons. The second-order valence-corrected chi connectivity index (χ2v) is 8.40. The maximum atomic E-state index is 11.6. The van der Waals surface area contributed by atoms with E-state index in [-0.39, 0.29) is 25.2 Å². The zero-order valence-electron chi connectivity index (χ0n) is 19.8. The Hall–Kier alpha value is -1.14. The van der Waals surface area contributed by atoms with Crippen LogP contribution < -0.4 is 0 Å². The number of hydrogen-bond acceptors (Lipinski definition) is 6. The van der Waals surface area contributed by atoms with Crippen molar-refractivity contribution in [3.8, 4) is 0 Å². The topological polar surface area (TPSA) is 93.1 Å². The van der Waals surface area contributed by atoms with E-state index in [1.807, 2.05) is 0 Å². The number of aliphatic hydroxyl groups is 2. The van der Waals surface area contributed by atoms with Crippen LogP contribution in [0.1, 0.15) is 122 Å². The maximum Gasteiger partial charge on any atom is 0.305 e. The monoisotopic (exact) mass is 444 g/mol. The number of ether oxygens (including phenoxy) is 2. The lowest BCUT2D eigenvalue weighted by Gasteiger charge is -2.06. The molecule has 2 N–H and O–H groups in total. The molecule has 6 heteroatoms. The first-order chi connectivity index (χ1) is 15.2. The van der Waals surface area contributed by atoms with Gasteiger partial charge in [0.25, 0.3) is 0 Å². The molecule has 0 atom stereocenters. The van der Waals surface area contributed by atoms with Gasteiger partial charge in [-0.15, -0.1) is 0 Å². The smallest absolute Gasteiger partial charge is 0.305 e. The first kappa shape index (κ1) is 29.9. The third kappa shape index (κ3) is 25.0. The molecule has 0 amide bonds. The van der Waals surface area contributed by atoms with Crippen LogP contribution in [0.15, 0.2) is 0 Å². The van der Waals surface area contributed by atoms with Gasteiger partial charge in [-0.05, 0) is 38.5 Å². The van der Waals surface area contributed by atoms with E-state index in [0.29, 0.717) is 26.1 Å². The highest BCUT2D eigenvalue weighted by Gasteiger charge is 2.03. The third-order valence-electron chi connectivity index (χ3n) is 5.39. The van der Waals surface area contributed by atoms with Gasteiger partial charge < -0.3 is 19.7 Å². The summed E-state index contributed by atoms with van der Waals surface area (Å²) >= 11 is 0. The van der Waals surface area contributed by atoms with E-state index in [0.717, 1.165) is 103 Å². The van der Waals surface area contributed by atoms with E-state index >= 15 is 0 Å². The van der Waals surface area contributed by atoms with E-state index in [1.165, 1.54) is 6.42 Å². The average molecular weight is 445 g/mol. The van der Waals surface area contributed by atoms with Gasteiger partial charge in [-0.25, -0.2) is 0 Å². The Morgan fingerprint density at radius 1 is 0.419 bits per heavy atom. The number of rotatable bonds is 24. The second-order valence-electron chi connectivity index (χ2n) is 8.40. The van der Waals surface area contributed by atoms with Crippen molar-refractivity contribution in [3.63, 3.8) is 0 Å². The molecule has 0 aliphatic carbocycles. The highest BCUT2D eigenvalue weighted by Crippen LogP contribution is 2.10. The Morgan fingerprint density at radius 3 is 1.06 bits per heavy atom. The van der Waals surface area contributed by atoms with Crippen LogP contribution in [0.4, 0.5) is 0 Å². The molecule has 0 bridgehead atoms. The van der Waals surface area contributed by atoms with Gasteiger partial charge in [0, 0.05) is 26.1 Å². The molecule has 0 aliphatic rings. The maximum absolute atomic E-state index is 11.6. The van der Waals surface area contributed by atoms with E-state index < -0.39 is 0 Å². The molecule has 31 heavy (non-hydrogen) atoms. The number of carbonyl (C=O) groups is 2. The van der Waals surface area contributed by atoms with E-state index in [2.05, 4.69) is 0 Å². The fourth-order valence-corrected chi connectivity index (χ4v) is 3.43. The van der Waals surface area contributed by atoms with Crippen molar-refractivity contribution < 1.29 is 29.3 Å². The summed E-state index contributed by atoms with van der Waals surface area (Å²) in [7, 11) is 0. The summed E-state index contributed by atoms with van der Waals surface area (Å²) in [6.45, 7) is 1.57. The molecule has 6 nitrogen and oxygen atoms in total. The Bertz CT molecular complexity index is 363. The van der Waals surface area contributed by atoms with Crippen LogP contribution in [0, 0.1) is 0 Å². The van der Waals surface area contributed by atoms with Crippen LogP contribution >= 0.6 is 0 Å². The lowest BCUT2D eigenvalue weighted by atomic mass is 10.1. The minimum absolute atomic E-state index is 0.0848. The normalized spacial score (nSPS) is 10.9. The summed E-state index contributed by atoms with van der Waals surface area (Å²) in [5.74, 6) is -0.170. The number of unbranched alkanes of at least 4 members (excludes halogenated alkanes) is 14. The van der Waals surface area contributed by atoms with E-state index in [1.54, 1.807) is 0 Å². The van der Waals surface area contributed by atoms with Gasteiger partial charge in [0.1, 0.15) is 0 Å². The largest absolute Gasteiger partial charge is 0.466 e. The SMILES string of the molecule is O=C(CCCCCCCO)OCCCCCCCCCOC(=O)CCCCCCCO. The Labute approximate surface area is 190 Å². The molecule has 0 aliphatic heterocycles. The third-order valence-corrected chi connectivity index (χ3v) is 5.39. The molecule has 0 saturated carbocycles. The van der Waals surface area contributed by atoms with Crippen molar-refractivity contribution in [3.05, 3.63) is 0 Å². The van der Waals surface area contributed by atoms with Gasteiger partial charge in [0.15, 0.2) is 0 Å². The number of carbonyl (C=O) groups excluding carboxylic acids is 2. The Morgan fingerprint density at radius 2 is 0.710 bits per heavy atom. The summed E-state index contributed by atoms with van der Waals surface area (Å²) in [6, 6.07) is 0. The van der Waals surface area contributed by atoms with Crippen LogP contribution in [0.5, 0.6) is 0 Å². The zero-order chi connectivity index (χ0) is 22.8. The summed E-state index contributed by atoms with van der Waals surface area (Å²) in [6.07, 6.45) is 18.3. The van der Waals surface area contributed by atoms with Gasteiger partial charge in [-0.1, -0.05) is 70.6 Å². The second kappa shape index (κ2) is 25.1. The number of esters is 2. The van der Waals surface area contributed by atoms with Gasteiger partial charge >= 0.3 is 11.9 Å². The Kier molecular flexibility index (Phi) is 24.2. The lowest BCUT2D eigenvalue weighted by Crippen LogP contribution is -2.06. The molecule has 0 heterocycles. The molecule has 0 aromatic heterocycles. The standard InChI is InChI=1S/C25H48O6/c26-20-14-8-4-6-12-18-24(28)30-22-16-10-2-1-3-11-17-23-31-25(29)19-13-7-5-9-15-21-27/h26-27H,1-23H2. The quantitative estimate of drug-likeness (QED) is 0.151. The van der Waals surface area contributed by atoms with Crippen molar-refractivity contribution in [2.24, 2.45) is 0 Å². The van der Waals surface area contributed by atoms with E-state index in [4.69, 9.17) is 19.7 Å². The first-order valence-electron chi connectivity index (χ1n) is 12.7. The predicted molar refractivity (Wildman–Crippen MR) is 124 cm³/mol. The van der Waals surface area contributed by atoms with Crippen LogP contribution in [-0.2, 0) is 19.1 Å². The van der Waals surface area contributed by atoms with Gasteiger partial charge in [0.05, 0.1) is 13.2 Å². The fourth-order valence-electron chi connectivity index (χ4n) is 3.43. The lowest BCUT2D eigenvalue weighted by molar-refractivity contribution is -0.144. The van der Waals surface area contributed by atoms with Gasteiger partial charge in [-0.2, -0.15) is 0 Å². The molecule has 0 saturated heterocycles. The van der Waals surface area contributed by atoms with Crippen LogP contribution in [0.2, 0.25) is 0 Å². The van der Waals surface area contributed by atoms with Crippen molar-refractivity contribution in [2.75, 3.05) is 26.4 Å². The summed E-state index contributed by atoms with van der Waals surface area (Å²) in [4.78, 5) is 23.2. The summed E-state index contributed by atoms with van der Waals surface area (Å²) < 4.78 is 10.5.